The van der Waals surface area contributed by atoms with Crippen LogP contribution in [0.1, 0.15) is 12.0 Å². The van der Waals surface area contributed by atoms with Crippen LogP contribution in [0.2, 0.25) is 0 Å². The molecule has 0 radical (unpaired) electrons. The maximum atomic E-state index is 14.7. The summed E-state index contributed by atoms with van der Waals surface area (Å²) in [5.41, 5.74) is -3.27. The lowest BCUT2D eigenvalue weighted by atomic mass is 9.99. The van der Waals surface area contributed by atoms with Gasteiger partial charge in [0.15, 0.2) is 10.6 Å². The first kappa shape index (κ1) is 24.4. The molecule has 176 valence electrons. The molecule has 1 aromatic heterocycles. The van der Waals surface area contributed by atoms with Gasteiger partial charge in [0.25, 0.3) is 10.0 Å². The van der Waals surface area contributed by atoms with Gasteiger partial charge in [0.1, 0.15) is 11.9 Å². The lowest BCUT2D eigenvalue weighted by molar-refractivity contribution is -0.261. The van der Waals surface area contributed by atoms with E-state index >= 15 is 0 Å². The Morgan fingerprint density at radius 1 is 1.36 bits per heavy atom. The molecule has 1 saturated heterocycles. The second kappa shape index (κ2) is 8.58. The summed E-state index contributed by atoms with van der Waals surface area (Å²) in [6, 6.07) is 5.44. The Hall–Kier alpha value is -3.28. The monoisotopic (exact) mass is 487 g/mol. The van der Waals surface area contributed by atoms with Crippen LogP contribution < -0.4 is 15.4 Å². The summed E-state index contributed by atoms with van der Waals surface area (Å²) >= 11 is 0. The van der Waals surface area contributed by atoms with Crippen LogP contribution in [0.4, 0.5) is 28.9 Å². The number of sulfonamides is 1. The average Bonchev–Trinajstić information content (AvgIpc) is 3.14. The number of benzene rings is 1. The van der Waals surface area contributed by atoms with Gasteiger partial charge in [0, 0.05) is 31.5 Å². The van der Waals surface area contributed by atoms with Gasteiger partial charge in [0.2, 0.25) is 5.91 Å². The molecule has 0 unspecified atom stereocenters. The molecular weight excluding hydrogens is 470 g/mol. The van der Waals surface area contributed by atoms with Crippen molar-refractivity contribution in [3.8, 4) is 6.07 Å². The molecule has 1 amide bonds. The van der Waals surface area contributed by atoms with Crippen molar-refractivity contribution in [2.45, 2.75) is 29.3 Å². The van der Waals surface area contributed by atoms with E-state index in [1.165, 1.54) is 12.1 Å². The van der Waals surface area contributed by atoms with E-state index in [9.17, 15) is 30.8 Å². The third-order valence-electron chi connectivity index (χ3n) is 5.22. The van der Waals surface area contributed by atoms with E-state index in [0.29, 0.717) is 0 Å². The Morgan fingerprint density at radius 3 is 2.61 bits per heavy atom. The highest BCUT2D eigenvalue weighted by molar-refractivity contribution is 7.89. The minimum Gasteiger partial charge on any atom is -0.367 e. The molecule has 0 spiro atoms. The quantitative estimate of drug-likeness (QED) is 0.615. The predicted octanol–water partition coefficient (Wildman–Crippen LogP) is 1.90. The highest BCUT2D eigenvalue weighted by Gasteiger charge is 2.63. The number of pyridine rings is 1. The van der Waals surface area contributed by atoms with Crippen LogP contribution in [-0.4, -0.2) is 50.8 Å². The first-order valence-electron chi connectivity index (χ1n) is 9.19. The van der Waals surface area contributed by atoms with Gasteiger partial charge in [-0.15, -0.1) is 0 Å². The number of carbonyl (C=O) groups is 1. The van der Waals surface area contributed by atoms with Gasteiger partial charge in [-0.2, -0.15) is 18.4 Å². The van der Waals surface area contributed by atoms with Gasteiger partial charge in [-0.3, -0.25) is 4.79 Å². The van der Waals surface area contributed by atoms with Crippen LogP contribution in [0.15, 0.2) is 41.6 Å². The van der Waals surface area contributed by atoms with Gasteiger partial charge in [-0.1, -0.05) is 0 Å². The summed E-state index contributed by atoms with van der Waals surface area (Å²) in [4.78, 5) is 17.4. The number of aromatic nitrogens is 1. The number of hydrogen-bond donors (Lipinski definition) is 2. The standard InChI is InChI=1S/C19H17F4N5O4S/c1-32-18(19(21,22)23)8-15(28(10-18)14-3-2-11(9-24)6-13(14)20)17(29)27-12-4-5-26-16(7-12)33(25,30)31/h2-7,15H,8,10H2,1H3,(H2,25,30,31)(H,26,27,29)/t15-,18+/m0/s1. The summed E-state index contributed by atoms with van der Waals surface area (Å²) in [5, 5.41) is 15.7. The molecular formula is C19H17F4N5O4S. The topological polar surface area (TPSA) is 138 Å². The van der Waals surface area contributed by atoms with Crippen molar-refractivity contribution < 1.29 is 35.5 Å². The number of anilines is 2. The number of carbonyl (C=O) groups excluding carboxylic acids is 1. The highest BCUT2D eigenvalue weighted by atomic mass is 32.2. The van der Waals surface area contributed by atoms with Gasteiger partial charge in [-0.05, 0) is 24.3 Å². The Morgan fingerprint density at radius 2 is 2.06 bits per heavy atom. The third-order valence-corrected chi connectivity index (χ3v) is 6.02. The van der Waals surface area contributed by atoms with Gasteiger partial charge >= 0.3 is 6.18 Å². The number of methoxy groups -OCH3 is 1. The van der Waals surface area contributed by atoms with Crippen molar-refractivity contribution in [2.75, 3.05) is 23.9 Å². The van der Waals surface area contributed by atoms with Crippen molar-refractivity contribution >= 4 is 27.3 Å². The number of nitrogens with two attached hydrogens (primary N) is 1. The van der Waals surface area contributed by atoms with E-state index in [-0.39, 0.29) is 16.9 Å². The van der Waals surface area contributed by atoms with Crippen molar-refractivity contribution in [1.82, 2.24) is 4.98 Å². The second-order valence-electron chi connectivity index (χ2n) is 7.24. The van der Waals surface area contributed by atoms with Gasteiger partial charge in [-0.25, -0.2) is 22.9 Å². The number of nitriles is 1. The van der Waals surface area contributed by atoms with E-state index in [0.717, 1.165) is 36.4 Å². The summed E-state index contributed by atoms with van der Waals surface area (Å²) in [7, 11) is -3.37. The lowest BCUT2D eigenvalue weighted by Gasteiger charge is -2.30. The van der Waals surface area contributed by atoms with E-state index in [4.69, 9.17) is 15.1 Å². The average molecular weight is 487 g/mol. The van der Waals surface area contributed by atoms with E-state index in [1.54, 1.807) is 6.07 Å². The molecule has 0 saturated carbocycles. The summed E-state index contributed by atoms with van der Waals surface area (Å²) in [5.74, 6) is -1.98. The molecule has 2 heterocycles. The number of alkyl halides is 3. The Kier molecular flexibility index (Phi) is 6.33. The van der Waals surface area contributed by atoms with Crippen LogP contribution in [0.25, 0.3) is 0 Å². The van der Waals surface area contributed by atoms with Crippen LogP contribution in [0, 0.1) is 17.1 Å². The number of ether oxygens (including phenoxy) is 1. The highest BCUT2D eigenvalue weighted by Crippen LogP contribution is 2.45. The zero-order chi connectivity index (χ0) is 24.6. The van der Waals surface area contributed by atoms with Crippen molar-refractivity contribution in [3.05, 3.63) is 47.9 Å². The minimum absolute atomic E-state index is 0.0578. The van der Waals surface area contributed by atoms with E-state index < -0.39 is 57.6 Å². The Bertz CT molecular complexity index is 1230. The number of amides is 1. The molecule has 0 bridgehead atoms. The third kappa shape index (κ3) is 4.75. The first-order chi connectivity index (χ1) is 15.3. The molecule has 14 heteroatoms. The molecule has 3 N–H and O–H groups in total. The summed E-state index contributed by atoms with van der Waals surface area (Å²) in [6.07, 6.45) is -4.72. The summed E-state index contributed by atoms with van der Waals surface area (Å²) < 4.78 is 84.0. The largest absolute Gasteiger partial charge is 0.419 e. The maximum Gasteiger partial charge on any atom is 0.419 e. The first-order valence-corrected chi connectivity index (χ1v) is 10.7. The number of nitrogens with zero attached hydrogens (tertiary/aromatic N) is 3. The fourth-order valence-electron chi connectivity index (χ4n) is 3.51. The number of hydrogen-bond acceptors (Lipinski definition) is 7. The molecule has 1 aliphatic rings. The van der Waals surface area contributed by atoms with E-state index in [1.807, 2.05) is 0 Å². The normalized spacial score (nSPS) is 21.0. The van der Waals surface area contributed by atoms with Crippen LogP contribution in [0.3, 0.4) is 0 Å². The number of nitrogens with one attached hydrogen (secondary N) is 1. The second-order valence-corrected chi connectivity index (χ2v) is 8.75. The molecule has 2 aromatic rings. The Labute approximate surface area is 185 Å². The molecule has 9 nitrogen and oxygen atoms in total. The number of halogens is 4. The van der Waals surface area contributed by atoms with Crippen molar-refractivity contribution in [2.24, 2.45) is 5.14 Å². The molecule has 2 atom stereocenters. The molecule has 1 fully saturated rings. The van der Waals surface area contributed by atoms with Crippen molar-refractivity contribution in [1.29, 1.82) is 5.26 Å². The Balaban J connectivity index is 2.01. The van der Waals surface area contributed by atoms with Gasteiger partial charge < -0.3 is 15.0 Å². The molecule has 1 aromatic carbocycles. The lowest BCUT2D eigenvalue weighted by Crippen LogP contribution is -2.49. The molecule has 1 aliphatic heterocycles. The SMILES string of the molecule is CO[C@]1(C(F)(F)F)C[C@@H](C(=O)Nc2ccnc(S(N)(=O)=O)c2)N(c2ccc(C#N)cc2F)C1. The fraction of sp³-hybridized carbons (Fsp3) is 0.316. The zero-order valence-corrected chi connectivity index (χ0v) is 17.7. The minimum atomic E-state index is -4.89. The fourth-order valence-corrected chi connectivity index (χ4v) is 4.01. The number of primary sulfonamides is 1. The molecule has 0 aliphatic carbocycles. The smallest absolute Gasteiger partial charge is 0.367 e. The van der Waals surface area contributed by atoms with E-state index in [2.05, 4.69) is 10.3 Å². The molecule has 3 rings (SSSR count). The molecule has 33 heavy (non-hydrogen) atoms. The number of rotatable bonds is 5. The maximum absolute atomic E-state index is 14.7. The van der Waals surface area contributed by atoms with Crippen molar-refractivity contribution in [3.63, 3.8) is 0 Å². The zero-order valence-electron chi connectivity index (χ0n) is 16.9. The van der Waals surface area contributed by atoms with Gasteiger partial charge in [0.05, 0.1) is 23.9 Å². The predicted molar refractivity (Wildman–Crippen MR) is 107 cm³/mol. The van der Waals surface area contributed by atoms with Crippen LogP contribution in [0.5, 0.6) is 0 Å². The summed E-state index contributed by atoms with van der Waals surface area (Å²) in [6.45, 7) is -0.896. The van der Waals surface area contributed by atoms with Crippen LogP contribution in [-0.2, 0) is 19.6 Å². The van der Waals surface area contributed by atoms with Crippen LogP contribution >= 0.6 is 0 Å².